The zero-order valence-electron chi connectivity index (χ0n) is 33.3. The maximum absolute atomic E-state index is 14.7. The maximum Gasteiger partial charge on any atom is 0.312 e. The van der Waals surface area contributed by atoms with Crippen LogP contribution in [0.2, 0.25) is 0 Å². The number of hydrogen-bond donors (Lipinski definition) is 1. The summed E-state index contributed by atoms with van der Waals surface area (Å²) >= 11 is 0. The molecule has 53 heavy (non-hydrogen) atoms. The molecule has 6 nitrogen and oxygen atoms in total. The summed E-state index contributed by atoms with van der Waals surface area (Å²) < 4.78 is 32.1. The summed E-state index contributed by atoms with van der Waals surface area (Å²) in [6.45, 7) is 18.6. The molecule has 5 aliphatic carbocycles. The number of carbonyl (C=O) groups is 2. The van der Waals surface area contributed by atoms with E-state index in [4.69, 9.17) is 14.2 Å². The molecule has 2 aromatic carbocycles. The van der Waals surface area contributed by atoms with Gasteiger partial charge in [-0.15, -0.1) is 0 Å². The van der Waals surface area contributed by atoms with Gasteiger partial charge in [0.1, 0.15) is 19.0 Å². The van der Waals surface area contributed by atoms with Crippen molar-refractivity contribution in [3.8, 4) is 11.5 Å². The van der Waals surface area contributed by atoms with E-state index in [-0.39, 0.29) is 75.8 Å². The molecule has 0 bridgehead atoms. The molecule has 7 rings (SSSR count). The molecule has 288 valence electrons. The van der Waals surface area contributed by atoms with Gasteiger partial charge >= 0.3 is 5.97 Å². The number of rotatable bonds is 8. The van der Waals surface area contributed by atoms with Crippen molar-refractivity contribution in [2.24, 2.45) is 50.2 Å². The fourth-order valence-corrected chi connectivity index (χ4v) is 12.5. The minimum absolute atomic E-state index is 0.0253. The van der Waals surface area contributed by atoms with Crippen LogP contribution in [-0.4, -0.2) is 29.6 Å². The summed E-state index contributed by atoms with van der Waals surface area (Å²) in [7, 11) is 0. The van der Waals surface area contributed by atoms with E-state index in [0.717, 1.165) is 56.9 Å². The Morgan fingerprint density at radius 3 is 2.34 bits per heavy atom. The third-order valence-corrected chi connectivity index (χ3v) is 16.1. The molecule has 4 saturated carbocycles. The van der Waals surface area contributed by atoms with Crippen LogP contribution < -0.4 is 9.47 Å². The second-order valence-electron chi connectivity index (χ2n) is 19.3. The van der Waals surface area contributed by atoms with E-state index >= 15 is 0 Å². The van der Waals surface area contributed by atoms with Gasteiger partial charge in [0, 0.05) is 11.5 Å². The maximum atomic E-state index is 14.7. The molecule has 0 spiro atoms. The van der Waals surface area contributed by atoms with Crippen molar-refractivity contribution in [1.82, 2.24) is 0 Å². The highest BCUT2D eigenvalue weighted by Gasteiger charge is 2.70. The Balaban J connectivity index is 1.10. The predicted octanol–water partition coefficient (Wildman–Crippen LogP) is 10.2. The average molecular weight is 729 g/mol. The molecule has 9 atom stereocenters. The number of aliphatic hydroxyl groups excluding tert-OH is 1. The molecule has 0 heterocycles. The largest absolute Gasteiger partial charge is 0.490 e. The smallest absolute Gasteiger partial charge is 0.312 e. The van der Waals surface area contributed by atoms with Gasteiger partial charge in [0.25, 0.3) is 0 Å². The Morgan fingerprint density at radius 2 is 1.60 bits per heavy atom. The summed E-state index contributed by atoms with van der Waals surface area (Å²) in [6, 6.07) is 12.0. The van der Waals surface area contributed by atoms with Crippen molar-refractivity contribution in [3.05, 3.63) is 71.1 Å². The van der Waals surface area contributed by atoms with Crippen LogP contribution >= 0.6 is 0 Å². The fraction of sp³-hybridized carbons (Fsp3) is 0.652. The zero-order valence-corrected chi connectivity index (χ0v) is 33.3. The number of ketones is 1. The van der Waals surface area contributed by atoms with Gasteiger partial charge in [-0.3, -0.25) is 9.59 Å². The summed E-state index contributed by atoms with van der Waals surface area (Å²) in [5.41, 5.74) is 1.17. The summed E-state index contributed by atoms with van der Waals surface area (Å²) in [5.74, 6) is 1.12. The van der Waals surface area contributed by atoms with Crippen LogP contribution in [0.5, 0.6) is 11.5 Å². The normalized spacial score (nSPS) is 38.7. The predicted molar refractivity (Wildman–Crippen MR) is 204 cm³/mol. The van der Waals surface area contributed by atoms with Gasteiger partial charge in [0.2, 0.25) is 0 Å². The lowest BCUT2D eigenvalue weighted by atomic mass is 9.33. The number of benzene rings is 2. The minimum atomic E-state index is -0.678. The van der Waals surface area contributed by atoms with Crippen LogP contribution in [0.25, 0.3) is 0 Å². The van der Waals surface area contributed by atoms with E-state index < -0.39 is 5.41 Å². The first-order valence-electron chi connectivity index (χ1n) is 20.1. The third-order valence-electron chi connectivity index (χ3n) is 16.1. The van der Waals surface area contributed by atoms with E-state index in [1.807, 2.05) is 19.1 Å². The van der Waals surface area contributed by atoms with Gasteiger partial charge in [-0.1, -0.05) is 71.4 Å². The Morgan fingerprint density at radius 1 is 0.868 bits per heavy atom. The lowest BCUT2D eigenvalue weighted by Crippen LogP contribution is -2.66. The Kier molecular flexibility index (Phi) is 9.51. The number of aliphatic hydroxyl groups is 1. The van der Waals surface area contributed by atoms with E-state index in [9.17, 15) is 19.1 Å². The quantitative estimate of drug-likeness (QED) is 0.273. The van der Waals surface area contributed by atoms with E-state index in [2.05, 4.69) is 54.5 Å². The van der Waals surface area contributed by atoms with Gasteiger partial charge < -0.3 is 19.3 Å². The highest BCUT2D eigenvalue weighted by atomic mass is 19.1. The summed E-state index contributed by atoms with van der Waals surface area (Å²) in [4.78, 5) is 28.8. The molecule has 1 unspecified atom stereocenters. The van der Waals surface area contributed by atoms with Crippen LogP contribution in [0.15, 0.2) is 54.1 Å². The number of esters is 1. The second-order valence-corrected chi connectivity index (χ2v) is 19.3. The van der Waals surface area contributed by atoms with Gasteiger partial charge in [-0.25, -0.2) is 4.39 Å². The molecule has 0 radical (unpaired) electrons. The molecular weight excluding hydrogens is 667 g/mol. The number of ether oxygens (including phenoxy) is 3. The number of allylic oxidation sites excluding steroid dienone is 2. The fourth-order valence-electron chi connectivity index (χ4n) is 12.5. The Bertz CT molecular complexity index is 1800. The monoisotopic (exact) mass is 728 g/mol. The molecule has 0 aromatic heterocycles. The van der Waals surface area contributed by atoms with Crippen LogP contribution in [0, 0.1) is 56.1 Å². The lowest BCUT2D eigenvalue weighted by molar-refractivity contribution is -0.202. The summed E-state index contributed by atoms with van der Waals surface area (Å²) in [5, 5.41) is 11.1. The molecule has 7 heteroatoms. The van der Waals surface area contributed by atoms with Crippen LogP contribution in [-0.2, 0) is 27.5 Å². The number of carbonyl (C=O) groups excluding carboxylic acids is 2. The average Bonchev–Trinajstić information content (AvgIpc) is 3.11. The lowest BCUT2D eigenvalue weighted by Gasteiger charge is -2.70. The van der Waals surface area contributed by atoms with Crippen molar-refractivity contribution in [1.29, 1.82) is 0 Å². The molecule has 2 aromatic rings. The number of hydrogen-bond acceptors (Lipinski definition) is 6. The van der Waals surface area contributed by atoms with Crippen molar-refractivity contribution < 1.29 is 33.3 Å². The zero-order chi connectivity index (χ0) is 38.2. The van der Waals surface area contributed by atoms with E-state index in [1.54, 1.807) is 24.3 Å². The van der Waals surface area contributed by atoms with Gasteiger partial charge in [-0.05, 0) is 140 Å². The molecule has 0 saturated heterocycles. The van der Waals surface area contributed by atoms with Crippen LogP contribution in [0.1, 0.15) is 124 Å². The van der Waals surface area contributed by atoms with Crippen LogP contribution in [0.4, 0.5) is 4.39 Å². The first kappa shape index (κ1) is 38.1. The molecule has 0 amide bonds. The number of fused-ring (bicyclic) bond motifs is 7. The Labute approximate surface area is 316 Å². The Hall–Kier alpha value is -3.19. The van der Waals surface area contributed by atoms with Gasteiger partial charge in [0.05, 0.1) is 18.1 Å². The van der Waals surface area contributed by atoms with Crippen molar-refractivity contribution in [3.63, 3.8) is 0 Å². The highest BCUT2D eigenvalue weighted by molar-refractivity contribution is 5.95. The van der Waals surface area contributed by atoms with Crippen LogP contribution in [0.3, 0.4) is 0 Å². The third kappa shape index (κ3) is 5.97. The van der Waals surface area contributed by atoms with Crippen molar-refractivity contribution in [2.45, 2.75) is 132 Å². The SMILES string of the molecule is CCOc1cc(COC(=O)[C@@]2(C)CC[C@]3(C)CC[C@]4(C)C(=CC(=O)[C@@H]5[C@@]6(C)CC[C@H](O)C(C)(C)C6CC[C@]54C)[C@@H]3C2)ccc1OCc1ccccc1F. The molecular formula is C46H61FO6. The molecule has 4 fully saturated rings. The molecule has 0 aliphatic heterocycles. The second kappa shape index (κ2) is 13.2. The van der Waals surface area contributed by atoms with Crippen molar-refractivity contribution >= 4 is 11.8 Å². The first-order valence-corrected chi connectivity index (χ1v) is 20.1. The van der Waals surface area contributed by atoms with E-state index in [1.165, 1.54) is 11.6 Å². The minimum Gasteiger partial charge on any atom is -0.490 e. The molecule has 5 aliphatic rings. The highest BCUT2D eigenvalue weighted by Crippen LogP contribution is 2.75. The van der Waals surface area contributed by atoms with Gasteiger partial charge in [0.15, 0.2) is 17.3 Å². The standard InChI is InChI=1S/C46H61FO6/c1-9-51-36-24-29(14-15-35(36)52-28-30-12-10-11-13-33(30)47)27-53-40(50)43(5)21-20-42(4)22-23-45(7)31(32(42)26-43)25-34(48)39-44(6)18-17-38(49)41(2,3)37(44)16-19-46(39,45)8/h10-15,24-25,32,37-39,49H,9,16-23,26-28H2,1-8H3/t32-,37?,38-,39+,42+,43-,44-,45+,46+/m0/s1. The van der Waals surface area contributed by atoms with Crippen molar-refractivity contribution in [2.75, 3.05) is 6.61 Å². The summed E-state index contributed by atoms with van der Waals surface area (Å²) in [6.07, 6.45) is 9.84. The van der Waals surface area contributed by atoms with E-state index in [0.29, 0.717) is 36.0 Å². The molecule has 1 N–H and O–H groups in total. The first-order chi connectivity index (χ1) is 24.9. The topological polar surface area (TPSA) is 82.1 Å². The van der Waals surface area contributed by atoms with Gasteiger partial charge in [-0.2, -0.15) is 0 Å². The number of halogens is 1.